The molecule has 17 heavy (non-hydrogen) atoms. The number of benzene rings is 1. The molecule has 0 atom stereocenters. The van der Waals surface area contributed by atoms with Gasteiger partial charge in [0.15, 0.2) is 0 Å². The van der Waals surface area contributed by atoms with E-state index in [2.05, 4.69) is 25.8 Å². The number of methoxy groups -OCH3 is 1. The largest absolute Gasteiger partial charge is 0.495 e. The molecule has 0 bridgehead atoms. The Morgan fingerprint density at radius 1 is 1.41 bits per heavy atom. The molecule has 1 aromatic rings. The number of hydrogen-bond donors (Lipinski definition) is 1. The molecule has 0 fully saturated rings. The summed E-state index contributed by atoms with van der Waals surface area (Å²) in [5.74, 6) is 0.705. The smallest absolute Gasteiger partial charge is 0.137 e. The van der Waals surface area contributed by atoms with Crippen LogP contribution >= 0.6 is 11.6 Å². The van der Waals surface area contributed by atoms with Crippen molar-refractivity contribution < 1.29 is 4.74 Å². The molecule has 0 aliphatic carbocycles. The highest BCUT2D eigenvalue weighted by Gasteiger charge is 2.21. The lowest BCUT2D eigenvalue weighted by Gasteiger charge is -2.34. The van der Waals surface area contributed by atoms with E-state index in [9.17, 15) is 0 Å². The second kappa shape index (κ2) is 5.71. The zero-order chi connectivity index (χ0) is 13.1. The minimum Gasteiger partial charge on any atom is -0.495 e. The molecule has 4 heteroatoms. The normalized spacial score (nSPS) is 11.9. The van der Waals surface area contributed by atoms with Crippen molar-refractivity contribution >= 4 is 11.6 Å². The van der Waals surface area contributed by atoms with Crippen molar-refractivity contribution in [2.45, 2.75) is 25.9 Å². The molecule has 0 heterocycles. The molecule has 1 rings (SSSR count). The van der Waals surface area contributed by atoms with Crippen LogP contribution in [-0.2, 0) is 6.54 Å². The third-order valence-corrected chi connectivity index (χ3v) is 3.46. The zero-order valence-corrected chi connectivity index (χ0v) is 11.7. The molecule has 1 aromatic carbocycles. The fourth-order valence-corrected chi connectivity index (χ4v) is 1.73. The SMILES string of the molecule is COc1ccc(CN(C)C(C)(C)CN)cc1Cl. The molecule has 0 unspecified atom stereocenters. The molecule has 0 aromatic heterocycles. The van der Waals surface area contributed by atoms with Crippen LogP contribution in [0.5, 0.6) is 5.75 Å². The van der Waals surface area contributed by atoms with Gasteiger partial charge in [0.05, 0.1) is 12.1 Å². The summed E-state index contributed by atoms with van der Waals surface area (Å²) < 4.78 is 5.13. The molecule has 0 saturated heterocycles. The van der Waals surface area contributed by atoms with Crippen LogP contribution in [0.1, 0.15) is 19.4 Å². The van der Waals surface area contributed by atoms with Crippen LogP contribution in [0.2, 0.25) is 5.02 Å². The summed E-state index contributed by atoms with van der Waals surface area (Å²) in [5.41, 5.74) is 6.88. The number of hydrogen-bond acceptors (Lipinski definition) is 3. The van der Waals surface area contributed by atoms with Gasteiger partial charge in [-0.05, 0) is 38.6 Å². The van der Waals surface area contributed by atoms with E-state index in [-0.39, 0.29) is 5.54 Å². The first-order valence-electron chi connectivity index (χ1n) is 5.64. The van der Waals surface area contributed by atoms with Gasteiger partial charge in [0.2, 0.25) is 0 Å². The first-order chi connectivity index (χ1) is 7.90. The standard InChI is InChI=1S/C13H21ClN2O/c1-13(2,9-15)16(3)8-10-5-6-12(17-4)11(14)7-10/h5-7H,8-9,15H2,1-4H3. The summed E-state index contributed by atoms with van der Waals surface area (Å²) >= 11 is 6.09. The van der Waals surface area contributed by atoms with Gasteiger partial charge < -0.3 is 10.5 Å². The van der Waals surface area contributed by atoms with Crippen LogP contribution in [0.25, 0.3) is 0 Å². The van der Waals surface area contributed by atoms with Crippen molar-refractivity contribution in [3.63, 3.8) is 0 Å². The predicted molar refractivity (Wildman–Crippen MR) is 72.6 cm³/mol. The van der Waals surface area contributed by atoms with E-state index in [0.717, 1.165) is 12.1 Å². The topological polar surface area (TPSA) is 38.5 Å². The number of nitrogens with two attached hydrogens (primary N) is 1. The van der Waals surface area contributed by atoms with E-state index in [0.29, 0.717) is 17.3 Å². The second-order valence-electron chi connectivity index (χ2n) is 4.84. The molecule has 2 N–H and O–H groups in total. The molecular formula is C13H21ClN2O. The fraction of sp³-hybridized carbons (Fsp3) is 0.538. The molecule has 3 nitrogen and oxygen atoms in total. The number of halogens is 1. The van der Waals surface area contributed by atoms with E-state index >= 15 is 0 Å². The predicted octanol–water partition coefficient (Wildman–Crippen LogP) is 2.52. The third kappa shape index (κ3) is 3.60. The molecule has 0 saturated carbocycles. The lowest BCUT2D eigenvalue weighted by Crippen LogP contribution is -2.46. The van der Waals surface area contributed by atoms with E-state index < -0.39 is 0 Å². The fourth-order valence-electron chi connectivity index (χ4n) is 1.45. The Balaban J connectivity index is 2.79. The van der Waals surface area contributed by atoms with Gasteiger partial charge in [-0.25, -0.2) is 0 Å². The number of nitrogens with zero attached hydrogens (tertiary/aromatic N) is 1. The quantitative estimate of drug-likeness (QED) is 0.880. The highest BCUT2D eigenvalue weighted by molar-refractivity contribution is 6.32. The van der Waals surface area contributed by atoms with E-state index in [1.807, 2.05) is 18.2 Å². The van der Waals surface area contributed by atoms with Crippen molar-refractivity contribution in [1.29, 1.82) is 0 Å². The van der Waals surface area contributed by atoms with Gasteiger partial charge in [0.25, 0.3) is 0 Å². The molecule has 0 amide bonds. The molecule has 0 radical (unpaired) electrons. The Labute approximate surface area is 109 Å². The summed E-state index contributed by atoms with van der Waals surface area (Å²) in [6.07, 6.45) is 0. The Morgan fingerprint density at radius 2 is 2.06 bits per heavy atom. The van der Waals surface area contributed by atoms with Gasteiger partial charge in [-0.3, -0.25) is 4.90 Å². The molecule has 0 aliphatic heterocycles. The Bertz CT molecular complexity index is 380. The number of rotatable bonds is 5. The summed E-state index contributed by atoms with van der Waals surface area (Å²) in [4.78, 5) is 2.21. The maximum Gasteiger partial charge on any atom is 0.137 e. The van der Waals surface area contributed by atoms with Gasteiger partial charge in [0, 0.05) is 18.6 Å². The number of likely N-dealkylation sites (N-methyl/N-ethyl adjacent to an activating group) is 1. The average molecular weight is 257 g/mol. The summed E-state index contributed by atoms with van der Waals surface area (Å²) in [7, 11) is 3.68. The number of ether oxygens (including phenoxy) is 1. The second-order valence-corrected chi connectivity index (χ2v) is 5.25. The highest BCUT2D eigenvalue weighted by atomic mass is 35.5. The van der Waals surface area contributed by atoms with Crippen LogP contribution in [-0.4, -0.2) is 31.1 Å². The van der Waals surface area contributed by atoms with E-state index in [1.54, 1.807) is 7.11 Å². The van der Waals surface area contributed by atoms with Gasteiger partial charge in [-0.2, -0.15) is 0 Å². The maximum atomic E-state index is 6.09. The Hall–Kier alpha value is -0.770. The van der Waals surface area contributed by atoms with Crippen molar-refractivity contribution in [3.05, 3.63) is 28.8 Å². The van der Waals surface area contributed by atoms with Crippen LogP contribution in [0.15, 0.2) is 18.2 Å². The first-order valence-corrected chi connectivity index (χ1v) is 6.02. The summed E-state index contributed by atoms with van der Waals surface area (Å²) in [5, 5.41) is 0.643. The minimum atomic E-state index is -0.0214. The lowest BCUT2D eigenvalue weighted by molar-refractivity contribution is 0.155. The van der Waals surface area contributed by atoms with Crippen molar-refractivity contribution in [2.75, 3.05) is 20.7 Å². The van der Waals surface area contributed by atoms with E-state index in [1.165, 1.54) is 0 Å². The molecule has 96 valence electrons. The molecule has 0 aliphatic rings. The van der Waals surface area contributed by atoms with Crippen molar-refractivity contribution in [2.24, 2.45) is 5.73 Å². The maximum absolute atomic E-state index is 6.09. The minimum absolute atomic E-state index is 0.0214. The van der Waals surface area contributed by atoms with Crippen LogP contribution in [0.4, 0.5) is 0 Å². The van der Waals surface area contributed by atoms with Gasteiger partial charge in [-0.1, -0.05) is 17.7 Å². The molecular weight excluding hydrogens is 236 g/mol. The van der Waals surface area contributed by atoms with Crippen molar-refractivity contribution in [1.82, 2.24) is 4.90 Å². The highest BCUT2D eigenvalue weighted by Crippen LogP contribution is 2.26. The third-order valence-electron chi connectivity index (χ3n) is 3.17. The van der Waals surface area contributed by atoms with Gasteiger partial charge >= 0.3 is 0 Å². The summed E-state index contributed by atoms with van der Waals surface area (Å²) in [6, 6.07) is 5.85. The Kier molecular flexibility index (Phi) is 4.80. The first kappa shape index (κ1) is 14.3. The van der Waals surface area contributed by atoms with Crippen LogP contribution < -0.4 is 10.5 Å². The lowest BCUT2D eigenvalue weighted by atomic mass is 10.0. The zero-order valence-electron chi connectivity index (χ0n) is 11.0. The van der Waals surface area contributed by atoms with Crippen LogP contribution in [0.3, 0.4) is 0 Å². The Morgan fingerprint density at radius 3 is 2.53 bits per heavy atom. The van der Waals surface area contributed by atoms with Crippen LogP contribution in [0, 0.1) is 0 Å². The van der Waals surface area contributed by atoms with Gasteiger partial charge in [0.1, 0.15) is 5.75 Å². The average Bonchev–Trinajstić information content (AvgIpc) is 2.29. The van der Waals surface area contributed by atoms with Gasteiger partial charge in [-0.15, -0.1) is 0 Å². The summed E-state index contributed by atoms with van der Waals surface area (Å²) in [6.45, 7) is 5.68. The van der Waals surface area contributed by atoms with E-state index in [4.69, 9.17) is 22.1 Å². The van der Waals surface area contributed by atoms with Crippen molar-refractivity contribution in [3.8, 4) is 5.75 Å². The monoisotopic (exact) mass is 256 g/mol. The molecule has 0 spiro atoms.